The predicted octanol–water partition coefficient (Wildman–Crippen LogP) is 2.65. The zero-order chi connectivity index (χ0) is 17.4. The number of H-pyrrole nitrogens is 1. The molecule has 3 aromatic rings. The first-order chi connectivity index (χ1) is 12.2. The van der Waals surface area contributed by atoms with Gasteiger partial charge in [0.2, 0.25) is 5.43 Å². The van der Waals surface area contributed by atoms with Gasteiger partial charge in [0.15, 0.2) is 5.82 Å². The molecule has 6 heteroatoms. The largest absolute Gasteiger partial charge is 0.462 e. The number of nitrogens with one attached hydrogen (secondary N) is 1. The van der Waals surface area contributed by atoms with Crippen LogP contribution >= 0.6 is 0 Å². The molecule has 2 heterocycles. The summed E-state index contributed by atoms with van der Waals surface area (Å²) in [5.74, 6) is -0.0879. The van der Waals surface area contributed by atoms with E-state index in [1.165, 1.54) is 29.9 Å². The molecule has 25 heavy (non-hydrogen) atoms. The van der Waals surface area contributed by atoms with Crippen LogP contribution in [-0.4, -0.2) is 27.5 Å². The zero-order valence-corrected chi connectivity index (χ0v) is 13.8. The fourth-order valence-electron chi connectivity index (χ4n) is 3.22. The standard InChI is InChI=1S/C19H17N3O3/c1-2-25-19(24)15-10-21-18-14(16(15)23)9-20-17(22-18)13-7-6-11-4-3-5-12(11)8-13/h6-10H,2-5H2,1H3,(H,20,21,22,23). The van der Waals surface area contributed by atoms with Crippen molar-refractivity contribution in [2.24, 2.45) is 0 Å². The number of hydrogen-bond acceptors (Lipinski definition) is 5. The van der Waals surface area contributed by atoms with Gasteiger partial charge in [-0.2, -0.15) is 0 Å². The van der Waals surface area contributed by atoms with Gasteiger partial charge in [0.05, 0.1) is 12.0 Å². The van der Waals surface area contributed by atoms with Crippen molar-refractivity contribution in [2.75, 3.05) is 6.61 Å². The monoisotopic (exact) mass is 335 g/mol. The fraction of sp³-hybridized carbons (Fsp3) is 0.263. The molecule has 2 aromatic heterocycles. The van der Waals surface area contributed by atoms with Crippen LogP contribution in [0.15, 0.2) is 35.4 Å². The van der Waals surface area contributed by atoms with E-state index in [1.807, 2.05) is 6.07 Å². The van der Waals surface area contributed by atoms with E-state index in [9.17, 15) is 9.59 Å². The molecule has 0 aliphatic heterocycles. The summed E-state index contributed by atoms with van der Waals surface area (Å²) < 4.78 is 4.89. The quantitative estimate of drug-likeness (QED) is 0.744. The number of carbonyl (C=O) groups excluding carboxylic acids is 1. The number of pyridine rings is 1. The fourth-order valence-corrected chi connectivity index (χ4v) is 3.22. The van der Waals surface area contributed by atoms with Gasteiger partial charge in [-0.25, -0.2) is 14.8 Å². The average Bonchev–Trinajstić information content (AvgIpc) is 3.09. The van der Waals surface area contributed by atoms with Gasteiger partial charge in [-0.3, -0.25) is 4.79 Å². The Morgan fingerprint density at radius 3 is 2.96 bits per heavy atom. The van der Waals surface area contributed by atoms with Crippen molar-refractivity contribution < 1.29 is 9.53 Å². The summed E-state index contributed by atoms with van der Waals surface area (Å²) in [5.41, 5.74) is 3.60. The summed E-state index contributed by atoms with van der Waals surface area (Å²) in [6.45, 7) is 1.91. The molecule has 0 saturated carbocycles. The maximum absolute atomic E-state index is 12.4. The van der Waals surface area contributed by atoms with Crippen LogP contribution in [-0.2, 0) is 17.6 Å². The predicted molar refractivity (Wildman–Crippen MR) is 93.6 cm³/mol. The first-order valence-electron chi connectivity index (χ1n) is 8.35. The second-order valence-corrected chi connectivity index (χ2v) is 6.04. The molecule has 126 valence electrons. The number of ether oxygens (including phenoxy) is 1. The molecule has 1 aromatic carbocycles. The van der Waals surface area contributed by atoms with E-state index in [1.54, 1.807) is 6.92 Å². The normalized spacial score (nSPS) is 13.0. The number of esters is 1. The lowest BCUT2D eigenvalue weighted by Gasteiger charge is -2.06. The van der Waals surface area contributed by atoms with Gasteiger partial charge in [-0.05, 0) is 43.4 Å². The molecule has 1 N–H and O–H groups in total. The van der Waals surface area contributed by atoms with Crippen LogP contribution < -0.4 is 5.43 Å². The highest BCUT2D eigenvalue weighted by atomic mass is 16.5. The van der Waals surface area contributed by atoms with Crippen LogP contribution in [0.3, 0.4) is 0 Å². The lowest BCUT2D eigenvalue weighted by molar-refractivity contribution is 0.0524. The minimum absolute atomic E-state index is 0.0387. The number of aromatic nitrogens is 3. The van der Waals surface area contributed by atoms with Crippen molar-refractivity contribution >= 4 is 17.0 Å². The molecule has 0 amide bonds. The van der Waals surface area contributed by atoms with E-state index in [0.29, 0.717) is 11.5 Å². The Morgan fingerprint density at radius 2 is 2.12 bits per heavy atom. The number of carbonyl (C=O) groups is 1. The van der Waals surface area contributed by atoms with Gasteiger partial charge in [0, 0.05) is 18.0 Å². The number of aromatic amines is 1. The Hall–Kier alpha value is -3.02. The van der Waals surface area contributed by atoms with Crippen LogP contribution in [0.2, 0.25) is 0 Å². The molecular weight excluding hydrogens is 318 g/mol. The van der Waals surface area contributed by atoms with Crippen LogP contribution in [0.25, 0.3) is 22.4 Å². The summed E-state index contributed by atoms with van der Waals surface area (Å²) in [5, 5.41) is 0.274. The van der Waals surface area contributed by atoms with Crippen molar-refractivity contribution in [3.8, 4) is 11.4 Å². The third-order valence-corrected chi connectivity index (χ3v) is 4.48. The molecular formula is C19H17N3O3. The van der Waals surface area contributed by atoms with Gasteiger partial charge in [0.25, 0.3) is 0 Å². The minimum Gasteiger partial charge on any atom is -0.462 e. The second-order valence-electron chi connectivity index (χ2n) is 6.04. The topological polar surface area (TPSA) is 84.9 Å². The van der Waals surface area contributed by atoms with Crippen molar-refractivity contribution in [1.29, 1.82) is 0 Å². The second kappa shape index (κ2) is 6.12. The molecule has 1 aliphatic rings. The van der Waals surface area contributed by atoms with E-state index in [2.05, 4.69) is 27.1 Å². The third-order valence-electron chi connectivity index (χ3n) is 4.48. The van der Waals surface area contributed by atoms with Crippen LogP contribution in [0.5, 0.6) is 0 Å². The molecule has 0 spiro atoms. The van der Waals surface area contributed by atoms with Gasteiger partial charge in [0.1, 0.15) is 11.2 Å². The highest BCUT2D eigenvalue weighted by Crippen LogP contribution is 2.26. The summed E-state index contributed by atoms with van der Waals surface area (Å²) in [6.07, 6.45) is 6.20. The van der Waals surface area contributed by atoms with E-state index in [4.69, 9.17) is 4.74 Å². The number of aryl methyl sites for hydroxylation is 2. The highest BCUT2D eigenvalue weighted by molar-refractivity contribution is 5.92. The van der Waals surface area contributed by atoms with Crippen molar-refractivity contribution in [2.45, 2.75) is 26.2 Å². The molecule has 0 fully saturated rings. The molecule has 4 rings (SSSR count). The Kier molecular flexibility index (Phi) is 3.80. The van der Waals surface area contributed by atoms with Gasteiger partial charge in [-0.1, -0.05) is 12.1 Å². The van der Waals surface area contributed by atoms with E-state index >= 15 is 0 Å². The molecule has 1 aliphatic carbocycles. The highest BCUT2D eigenvalue weighted by Gasteiger charge is 2.16. The molecule has 0 radical (unpaired) electrons. The van der Waals surface area contributed by atoms with Crippen molar-refractivity contribution in [3.05, 3.63) is 57.5 Å². The lowest BCUT2D eigenvalue weighted by Crippen LogP contribution is -2.18. The molecule has 0 bridgehead atoms. The van der Waals surface area contributed by atoms with E-state index in [-0.39, 0.29) is 17.6 Å². The number of fused-ring (bicyclic) bond motifs is 2. The maximum Gasteiger partial charge on any atom is 0.343 e. The molecule has 0 atom stereocenters. The Bertz CT molecular complexity index is 1040. The van der Waals surface area contributed by atoms with Crippen LogP contribution in [0, 0.1) is 0 Å². The Morgan fingerprint density at radius 1 is 1.28 bits per heavy atom. The molecule has 0 saturated heterocycles. The summed E-state index contributed by atoms with van der Waals surface area (Å²) in [4.78, 5) is 36.0. The van der Waals surface area contributed by atoms with Gasteiger partial charge >= 0.3 is 5.97 Å². The Balaban J connectivity index is 1.77. The zero-order valence-electron chi connectivity index (χ0n) is 13.8. The van der Waals surface area contributed by atoms with E-state index < -0.39 is 11.4 Å². The van der Waals surface area contributed by atoms with Crippen LogP contribution in [0.4, 0.5) is 0 Å². The van der Waals surface area contributed by atoms with E-state index in [0.717, 1.165) is 18.4 Å². The van der Waals surface area contributed by atoms with Crippen LogP contribution in [0.1, 0.15) is 34.8 Å². The first kappa shape index (κ1) is 15.5. The first-order valence-corrected chi connectivity index (χ1v) is 8.35. The van der Waals surface area contributed by atoms with Gasteiger partial charge < -0.3 is 9.72 Å². The third kappa shape index (κ3) is 2.69. The van der Waals surface area contributed by atoms with Gasteiger partial charge in [-0.15, -0.1) is 0 Å². The number of nitrogens with zero attached hydrogens (tertiary/aromatic N) is 2. The average molecular weight is 335 g/mol. The number of benzene rings is 1. The SMILES string of the molecule is CCOC(=O)c1c[nH]c2nc(-c3ccc4c(c3)CCC4)ncc2c1=O. The summed E-state index contributed by atoms with van der Waals surface area (Å²) >= 11 is 0. The maximum atomic E-state index is 12.4. The molecule has 6 nitrogen and oxygen atoms in total. The molecule has 0 unspecified atom stereocenters. The minimum atomic E-state index is -0.645. The summed E-state index contributed by atoms with van der Waals surface area (Å²) in [7, 11) is 0. The number of rotatable bonds is 3. The number of hydrogen-bond donors (Lipinski definition) is 1. The lowest BCUT2D eigenvalue weighted by atomic mass is 10.1. The summed E-state index contributed by atoms with van der Waals surface area (Å²) in [6, 6.07) is 6.25. The Labute approximate surface area is 143 Å². The van der Waals surface area contributed by atoms with Crippen molar-refractivity contribution in [1.82, 2.24) is 15.0 Å². The smallest absolute Gasteiger partial charge is 0.343 e. The van der Waals surface area contributed by atoms with Crippen molar-refractivity contribution in [3.63, 3.8) is 0 Å².